The molecule has 7 heteroatoms. The summed E-state index contributed by atoms with van der Waals surface area (Å²) in [5.74, 6) is 0.0767. The Morgan fingerprint density at radius 3 is 2.95 bits per heavy atom. The molecule has 1 amide bonds. The maximum absolute atomic E-state index is 11.8. The Balaban J connectivity index is 1.92. The second kappa shape index (κ2) is 6.42. The zero-order valence-electron chi connectivity index (χ0n) is 11.3. The number of rotatable bonds is 5. The van der Waals surface area contributed by atoms with Crippen LogP contribution in [0.2, 0.25) is 0 Å². The van der Waals surface area contributed by atoms with E-state index in [0.29, 0.717) is 5.16 Å². The maximum Gasteiger partial charge on any atom is 0.343 e. The van der Waals surface area contributed by atoms with Crippen molar-refractivity contribution < 1.29 is 4.79 Å². The minimum atomic E-state index is -0.288. The summed E-state index contributed by atoms with van der Waals surface area (Å²) in [6, 6.07) is 7.74. The lowest BCUT2D eigenvalue weighted by Crippen LogP contribution is -2.16. The minimum Gasteiger partial charge on any atom is -0.325 e. The molecule has 0 unspecified atom stereocenters. The summed E-state index contributed by atoms with van der Waals surface area (Å²) in [6.07, 6.45) is 0.924. The summed E-state index contributed by atoms with van der Waals surface area (Å²) >= 11 is 1.21. The molecule has 1 heterocycles. The van der Waals surface area contributed by atoms with Gasteiger partial charge >= 0.3 is 5.69 Å². The Kier molecular flexibility index (Phi) is 4.62. The molecule has 0 saturated carbocycles. The first-order valence-electron chi connectivity index (χ1n) is 6.23. The molecule has 0 atom stereocenters. The van der Waals surface area contributed by atoms with E-state index in [2.05, 4.69) is 22.4 Å². The second-order valence-electron chi connectivity index (χ2n) is 4.26. The molecule has 2 N–H and O–H groups in total. The first-order valence-corrected chi connectivity index (χ1v) is 7.21. The van der Waals surface area contributed by atoms with Gasteiger partial charge < -0.3 is 5.32 Å². The van der Waals surface area contributed by atoms with Gasteiger partial charge in [-0.2, -0.15) is 0 Å². The molecule has 0 aliphatic heterocycles. The number of thioether (sulfide) groups is 1. The number of benzene rings is 1. The molecule has 20 heavy (non-hydrogen) atoms. The van der Waals surface area contributed by atoms with E-state index in [-0.39, 0.29) is 17.3 Å². The van der Waals surface area contributed by atoms with Crippen molar-refractivity contribution in [3.63, 3.8) is 0 Å². The summed E-state index contributed by atoms with van der Waals surface area (Å²) in [4.78, 5) is 23.0. The number of carbonyl (C=O) groups is 1. The molecule has 2 aromatic rings. The minimum absolute atomic E-state index is 0.126. The molecule has 0 aliphatic rings. The largest absolute Gasteiger partial charge is 0.343 e. The molecule has 0 spiro atoms. The van der Waals surface area contributed by atoms with E-state index in [1.165, 1.54) is 21.9 Å². The standard InChI is InChI=1S/C13H16N4O2S/c1-3-9-5-4-6-10(7-9)14-11(18)8-20-13-16-15-12(19)17(13)2/h4-7H,3,8H2,1-2H3,(H,14,18)(H,15,19). The fourth-order valence-corrected chi connectivity index (χ4v) is 2.38. The third-order valence-corrected chi connectivity index (χ3v) is 3.82. The van der Waals surface area contributed by atoms with Gasteiger partial charge in [-0.1, -0.05) is 30.8 Å². The van der Waals surface area contributed by atoms with Crippen LogP contribution in [-0.2, 0) is 18.3 Å². The number of H-pyrrole nitrogens is 1. The van der Waals surface area contributed by atoms with Crippen molar-refractivity contribution in [2.24, 2.45) is 7.05 Å². The molecule has 1 aromatic carbocycles. The van der Waals surface area contributed by atoms with Crippen molar-refractivity contribution in [3.05, 3.63) is 40.3 Å². The van der Waals surface area contributed by atoms with E-state index >= 15 is 0 Å². The van der Waals surface area contributed by atoms with E-state index < -0.39 is 0 Å². The van der Waals surface area contributed by atoms with Crippen LogP contribution in [0.1, 0.15) is 12.5 Å². The van der Waals surface area contributed by atoms with Gasteiger partial charge in [0.2, 0.25) is 5.91 Å². The average Bonchev–Trinajstić information content (AvgIpc) is 2.77. The topological polar surface area (TPSA) is 79.8 Å². The van der Waals surface area contributed by atoms with Crippen LogP contribution < -0.4 is 11.0 Å². The van der Waals surface area contributed by atoms with Crippen LogP contribution in [0, 0.1) is 0 Å². The molecular weight excluding hydrogens is 276 g/mol. The highest BCUT2D eigenvalue weighted by molar-refractivity contribution is 7.99. The van der Waals surface area contributed by atoms with Crippen molar-refractivity contribution in [1.82, 2.24) is 14.8 Å². The van der Waals surface area contributed by atoms with Crippen LogP contribution in [0.3, 0.4) is 0 Å². The van der Waals surface area contributed by atoms with Crippen molar-refractivity contribution in [3.8, 4) is 0 Å². The van der Waals surface area contributed by atoms with Gasteiger partial charge in [-0.3, -0.25) is 9.36 Å². The average molecular weight is 292 g/mol. The van der Waals surface area contributed by atoms with Crippen LogP contribution in [0.25, 0.3) is 0 Å². The molecule has 6 nitrogen and oxygen atoms in total. The van der Waals surface area contributed by atoms with Gasteiger partial charge in [-0.15, -0.1) is 5.10 Å². The van der Waals surface area contributed by atoms with Crippen LogP contribution in [0.4, 0.5) is 5.69 Å². The highest BCUT2D eigenvalue weighted by atomic mass is 32.2. The van der Waals surface area contributed by atoms with Gasteiger partial charge in [0.25, 0.3) is 0 Å². The summed E-state index contributed by atoms with van der Waals surface area (Å²) in [6.45, 7) is 2.06. The number of carbonyl (C=O) groups excluding carboxylic acids is 1. The Bertz CT molecular complexity index is 662. The highest BCUT2D eigenvalue weighted by Gasteiger charge is 2.08. The number of hydrogen-bond donors (Lipinski definition) is 2. The Morgan fingerprint density at radius 1 is 1.50 bits per heavy atom. The van der Waals surface area contributed by atoms with Gasteiger partial charge in [-0.05, 0) is 24.1 Å². The molecule has 1 aromatic heterocycles. The van der Waals surface area contributed by atoms with Crippen molar-refractivity contribution in [1.29, 1.82) is 0 Å². The number of nitrogens with zero attached hydrogens (tertiary/aromatic N) is 2. The quantitative estimate of drug-likeness (QED) is 0.816. The molecule has 0 aliphatic carbocycles. The van der Waals surface area contributed by atoms with Crippen LogP contribution in [-0.4, -0.2) is 26.4 Å². The van der Waals surface area contributed by atoms with Crippen molar-refractivity contribution in [2.75, 3.05) is 11.1 Å². The smallest absolute Gasteiger partial charge is 0.325 e. The van der Waals surface area contributed by atoms with E-state index in [4.69, 9.17) is 0 Å². The van der Waals surface area contributed by atoms with Crippen LogP contribution in [0.15, 0.2) is 34.2 Å². The number of aromatic amines is 1. The van der Waals surface area contributed by atoms with Gasteiger partial charge in [0.15, 0.2) is 5.16 Å². The predicted molar refractivity (Wildman–Crippen MR) is 79.0 cm³/mol. The third kappa shape index (κ3) is 3.51. The molecule has 106 valence electrons. The molecule has 0 radical (unpaired) electrons. The number of aromatic nitrogens is 3. The summed E-state index contributed by atoms with van der Waals surface area (Å²) in [7, 11) is 1.61. The van der Waals surface area contributed by atoms with Crippen LogP contribution >= 0.6 is 11.8 Å². The van der Waals surface area contributed by atoms with Gasteiger partial charge in [0.1, 0.15) is 0 Å². The molecule has 0 saturated heterocycles. The first kappa shape index (κ1) is 14.4. The second-order valence-corrected chi connectivity index (χ2v) is 5.20. The maximum atomic E-state index is 11.8. The normalized spacial score (nSPS) is 10.5. The summed E-state index contributed by atoms with van der Waals surface area (Å²) in [5.41, 5.74) is 1.67. The number of nitrogens with one attached hydrogen (secondary N) is 2. The number of hydrogen-bond acceptors (Lipinski definition) is 4. The molecule has 0 fully saturated rings. The molecular formula is C13H16N4O2S. The zero-order valence-corrected chi connectivity index (χ0v) is 12.2. The van der Waals surface area contributed by atoms with E-state index in [9.17, 15) is 9.59 Å². The molecule has 0 bridgehead atoms. The summed E-state index contributed by atoms with van der Waals surface area (Å²) < 4.78 is 1.37. The summed E-state index contributed by atoms with van der Waals surface area (Å²) in [5, 5.41) is 9.48. The monoisotopic (exact) mass is 292 g/mol. The number of anilines is 1. The Morgan fingerprint density at radius 2 is 2.30 bits per heavy atom. The molecule has 2 rings (SSSR count). The zero-order chi connectivity index (χ0) is 14.5. The lowest BCUT2D eigenvalue weighted by atomic mass is 10.1. The Hall–Kier alpha value is -2.02. The van der Waals surface area contributed by atoms with E-state index in [1.54, 1.807) is 7.05 Å². The Labute approximate surface area is 120 Å². The predicted octanol–water partition coefficient (Wildman–Crippen LogP) is 1.40. The number of aryl methyl sites for hydroxylation is 1. The number of amides is 1. The van der Waals surface area contributed by atoms with Crippen molar-refractivity contribution in [2.45, 2.75) is 18.5 Å². The third-order valence-electron chi connectivity index (χ3n) is 2.79. The van der Waals surface area contributed by atoms with E-state index in [0.717, 1.165) is 12.1 Å². The van der Waals surface area contributed by atoms with Crippen LogP contribution in [0.5, 0.6) is 0 Å². The van der Waals surface area contributed by atoms with Gasteiger partial charge in [0.05, 0.1) is 5.75 Å². The fourth-order valence-electron chi connectivity index (χ4n) is 1.66. The highest BCUT2D eigenvalue weighted by Crippen LogP contribution is 2.14. The van der Waals surface area contributed by atoms with Gasteiger partial charge in [0, 0.05) is 12.7 Å². The first-order chi connectivity index (χ1) is 9.60. The lowest BCUT2D eigenvalue weighted by molar-refractivity contribution is -0.113. The van der Waals surface area contributed by atoms with Gasteiger partial charge in [-0.25, -0.2) is 9.89 Å². The van der Waals surface area contributed by atoms with E-state index in [1.807, 2.05) is 24.3 Å². The SMILES string of the molecule is CCc1cccc(NC(=O)CSc2n[nH]c(=O)n2C)c1. The van der Waals surface area contributed by atoms with Crippen molar-refractivity contribution >= 4 is 23.4 Å². The fraction of sp³-hybridized carbons (Fsp3) is 0.308. The lowest BCUT2D eigenvalue weighted by Gasteiger charge is -2.06.